The second-order valence-corrected chi connectivity index (χ2v) is 12.2. The van der Waals surface area contributed by atoms with Crippen molar-refractivity contribution < 1.29 is 24.3 Å². The quantitative estimate of drug-likeness (QED) is 0.126. The lowest BCUT2D eigenvalue weighted by Gasteiger charge is -2.29. The van der Waals surface area contributed by atoms with Crippen LogP contribution in [0.15, 0.2) is 46.1 Å². The Labute approximate surface area is 265 Å². The van der Waals surface area contributed by atoms with E-state index in [4.69, 9.17) is 15.6 Å². The molecule has 44 heavy (non-hydrogen) atoms. The van der Waals surface area contributed by atoms with Crippen LogP contribution < -0.4 is 21.7 Å². The van der Waals surface area contributed by atoms with Crippen molar-refractivity contribution in [3.8, 4) is 0 Å². The number of carbonyl (C=O) groups is 4. The molecule has 2 aliphatic rings. The van der Waals surface area contributed by atoms with Gasteiger partial charge in [0.25, 0.3) is 5.97 Å². The number of hydrogen-bond acceptors (Lipinski definition) is 5. The number of carboxylic acid groups (broad SMARTS) is 1. The van der Waals surface area contributed by atoms with Crippen molar-refractivity contribution in [3.05, 3.63) is 46.1 Å². The van der Waals surface area contributed by atoms with E-state index in [9.17, 15) is 14.4 Å². The molecule has 0 saturated carbocycles. The van der Waals surface area contributed by atoms with Crippen LogP contribution in [-0.4, -0.2) is 54.5 Å². The van der Waals surface area contributed by atoms with Gasteiger partial charge in [-0.15, -0.1) is 0 Å². The molecule has 0 aromatic carbocycles. The fraction of sp³-hybridized carbons (Fsp3) is 0.657. The van der Waals surface area contributed by atoms with Gasteiger partial charge in [0, 0.05) is 38.3 Å². The average Bonchev–Trinajstić information content (AvgIpc) is 3.13. The Morgan fingerprint density at radius 3 is 2.16 bits per heavy atom. The van der Waals surface area contributed by atoms with E-state index in [0.717, 1.165) is 64.7 Å². The first kappa shape index (κ1) is 38.8. The van der Waals surface area contributed by atoms with Gasteiger partial charge in [0.15, 0.2) is 0 Å². The van der Waals surface area contributed by atoms with Gasteiger partial charge < -0.3 is 26.8 Å². The largest absolute Gasteiger partial charge is 0.481 e. The summed E-state index contributed by atoms with van der Waals surface area (Å²) in [5.74, 6) is -0.966. The molecule has 0 unspecified atom stereocenters. The SMILES string of the molecule is CC(=O)O.CC1=C(C)C(C)(CCC(=O)N[C@@H](CCCCN)C(=O)NCCCCCC(=O)NCCC2=CC=CCC2)C(C)=C1C. The molecule has 6 N–H and O–H groups in total. The number of nitrogens with one attached hydrogen (secondary N) is 3. The van der Waals surface area contributed by atoms with E-state index >= 15 is 0 Å². The molecule has 0 heterocycles. The third-order valence-electron chi connectivity index (χ3n) is 9.04. The molecule has 248 valence electrons. The minimum absolute atomic E-state index is 0.0841. The fourth-order valence-electron chi connectivity index (χ4n) is 5.67. The van der Waals surface area contributed by atoms with Crippen LogP contribution in [-0.2, 0) is 19.2 Å². The number of carbonyl (C=O) groups excluding carboxylic acids is 3. The summed E-state index contributed by atoms with van der Waals surface area (Å²) in [6.45, 7) is 13.7. The van der Waals surface area contributed by atoms with Crippen molar-refractivity contribution in [2.45, 2.75) is 125 Å². The molecule has 0 spiro atoms. The van der Waals surface area contributed by atoms with Gasteiger partial charge in [0.1, 0.15) is 6.04 Å². The number of rotatable bonds is 18. The predicted octanol–water partition coefficient (Wildman–Crippen LogP) is 5.62. The molecule has 0 aromatic rings. The summed E-state index contributed by atoms with van der Waals surface area (Å²) in [4.78, 5) is 46.9. The highest BCUT2D eigenvalue weighted by Crippen LogP contribution is 2.49. The van der Waals surface area contributed by atoms with Crippen molar-refractivity contribution in [3.63, 3.8) is 0 Å². The third-order valence-corrected chi connectivity index (χ3v) is 9.04. The second kappa shape index (κ2) is 20.7. The van der Waals surface area contributed by atoms with Gasteiger partial charge in [-0.2, -0.15) is 0 Å². The Morgan fingerprint density at radius 2 is 1.57 bits per heavy atom. The maximum Gasteiger partial charge on any atom is 0.300 e. The van der Waals surface area contributed by atoms with Gasteiger partial charge in [0.2, 0.25) is 17.7 Å². The summed E-state index contributed by atoms with van der Waals surface area (Å²) < 4.78 is 0. The zero-order chi connectivity index (χ0) is 33.1. The molecular weight excluding hydrogens is 556 g/mol. The molecule has 0 fully saturated rings. The molecule has 0 radical (unpaired) electrons. The highest BCUT2D eigenvalue weighted by Gasteiger charge is 2.36. The molecule has 0 saturated heterocycles. The topological polar surface area (TPSA) is 151 Å². The zero-order valence-corrected chi connectivity index (χ0v) is 28.1. The van der Waals surface area contributed by atoms with Crippen LogP contribution in [0.3, 0.4) is 0 Å². The van der Waals surface area contributed by atoms with E-state index in [1.165, 1.54) is 27.9 Å². The van der Waals surface area contributed by atoms with E-state index in [1.807, 2.05) is 0 Å². The molecule has 3 amide bonds. The van der Waals surface area contributed by atoms with Crippen LogP contribution >= 0.6 is 0 Å². The highest BCUT2D eigenvalue weighted by molar-refractivity contribution is 5.87. The van der Waals surface area contributed by atoms with Crippen LogP contribution in [0.1, 0.15) is 119 Å². The van der Waals surface area contributed by atoms with Crippen molar-refractivity contribution in [2.75, 3.05) is 19.6 Å². The van der Waals surface area contributed by atoms with E-state index in [0.29, 0.717) is 38.9 Å². The monoisotopic (exact) mass is 614 g/mol. The normalized spacial score (nSPS) is 16.1. The lowest BCUT2D eigenvalue weighted by atomic mass is 9.75. The summed E-state index contributed by atoms with van der Waals surface area (Å²) in [7, 11) is 0. The Kier molecular flexibility index (Phi) is 18.3. The molecule has 9 nitrogen and oxygen atoms in total. The first-order chi connectivity index (χ1) is 20.8. The molecule has 2 rings (SSSR count). The van der Waals surface area contributed by atoms with E-state index in [1.54, 1.807) is 0 Å². The molecule has 0 bridgehead atoms. The predicted molar refractivity (Wildman–Crippen MR) is 178 cm³/mol. The molecule has 0 aliphatic heterocycles. The molecular formula is C35H58N4O5. The zero-order valence-electron chi connectivity index (χ0n) is 28.1. The minimum atomic E-state index is -0.833. The van der Waals surface area contributed by atoms with E-state index in [-0.39, 0.29) is 23.1 Å². The number of hydrogen-bond donors (Lipinski definition) is 5. The average molecular weight is 615 g/mol. The Bertz CT molecular complexity index is 1070. The van der Waals surface area contributed by atoms with Crippen molar-refractivity contribution >= 4 is 23.7 Å². The second-order valence-electron chi connectivity index (χ2n) is 12.2. The smallest absolute Gasteiger partial charge is 0.300 e. The number of aliphatic carboxylic acids is 1. The number of allylic oxidation sites excluding steroid dienone is 7. The molecule has 0 aromatic heterocycles. The molecule has 9 heteroatoms. The van der Waals surface area contributed by atoms with Gasteiger partial charge in [-0.25, -0.2) is 0 Å². The van der Waals surface area contributed by atoms with Crippen LogP contribution in [0, 0.1) is 5.41 Å². The van der Waals surface area contributed by atoms with Crippen LogP contribution in [0.5, 0.6) is 0 Å². The summed E-state index contributed by atoms with van der Waals surface area (Å²) >= 11 is 0. The van der Waals surface area contributed by atoms with Gasteiger partial charge in [-0.3, -0.25) is 19.2 Å². The van der Waals surface area contributed by atoms with Crippen molar-refractivity contribution in [1.29, 1.82) is 0 Å². The van der Waals surface area contributed by atoms with Crippen LogP contribution in [0.2, 0.25) is 0 Å². The Hall–Kier alpha value is -3.20. The summed E-state index contributed by atoms with van der Waals surface area (Å²) in [6.07, 6.45) is 15.8. The molecule has 2 aliphatic carbocycles. The number of unbranched alkanes of at least 4 members (excludes halogenated alkanes) is 3. The highest BCUT2D eigenvalue weighted by atomic mass is 16.4. The third kappa shape index (κ3) is 14.1. The summed E-state index contributed by atoms with van der Waals surface area (Å²) in [6, 6.07) is -0.548. The van der Waals surface area contributed by atoms with Crippen molar-refractivity contribution in [1.82, 2.24) is 16.0 Å². The standard InChI is InChI=1S/C33H54N4O3.C2H4O2/c1-24-25(2)27(4)33(5,26(24)3)20-18-31(39)37-29(16-11-12-21-34)32(40)36-22-13-7-10-17-30(38)35-23-19-28-14-8-6-9-15-28;1-2(3)4/h6,8,14,29H,7,9-13,15-23,34H2,1-5H3,(H,35,38)(H,36,40)(H,37,39);1H3,(H,3,4)/t29-;/m0./s1. The van der Waals surface area contributed by atoms with Gasteiger partial charge in [0.05, 0.1) is 0 Å². The maximum atomic E-state index is 12.9. The summed E-state index contributed by atoms with van der Waals surface area (Å²) in [5.41, 5.74) is 12.3. The van der Waals surface area contributed by atoms with Gasteiger partial charge in [-0.1, -0.05) is 48.3 Å². The van der Waals surface area contributed by atoms with Crippen LogP contribution in [0.4, 0.5) is 0 Å². The maximum absolute atomic E-state index is 12.9. The Balaban J connectivity index is 0.00000227. The van der Waals surface area contributed by atoms with E-state index < -0.39 is 12.0 Å². The van der Waals surface area contributed by atoms with Gasteiger partial charge >= 0.3 is 0 Å². The lowest BCUT2D eigenvalue weighted by Crippen LogP contribution is -2.47. The minimum Gasteiger partial charge on any atom is -0.481 e. The van der Waals surface area contributed by atoms with Crippen LogP contribution in [0.25, 0.3) is 0 Å². The van der Waals surface area contributed by atoms with Crippen molar-refractivity contribution in [2.24, 2.45) is 11.1 Å². The number of carboxylic acids is 1. The first-order valence-electron chi connectivity index (χ1n) is 16.3. The lowest BCUT2D eigenvalue weighted by molar-refractivity contribution is -0.134. The number of amides is 3. The Morgan fingerprint density at radius 1 is 0.909 bits per heavy atom. The fourth-order valence-corrected chi connectivity index (χ4v) is 5.67. The first-order valence-corrected chi connectivity index (χ1v) is 16.3. The van der Waals surface area contributed by atoms with E-state index in [2.05, 4.69) is 68.8 Å². The van der Waals surface area contributed by atoms with Gasteiger partial charge in [-0.05, 0) is 103 Å². The summed E-state index contributed by atoms with van der Waals surface area (Å²) in [5, 5.41) is 16.4. The number of nitrogens with two attached hydrogens (primary N) is 1. The molecule has 1 atom stereocenters.